The predicted octanol–water partition coefficient (Wildman–Crippen LogP) is 2.97. The van der Waals surface area contributed by atoms with Gasteiger partial charge in [0.1, 0.15) is 0 Å². The van der Waals surface area contributed by atoms with E-state index in [1.54, 1.807) is 12.1 Å². The molecule has 0 spiro atoms. The van der Waals surface area contributed by atoms with Crippen LogP contribution in [-0.4, -0.2) is 23.7 Å². The van der Waals surface area contributed by atoms with Gasteiger partial charge < -0.3 is 10.4 Å². The molecule has 4 heteroatoms. The summed E-state index contributed by atoms with van der Waals surface area (Å²) in [5.41, 5.74) is 0.966. The molecule has 1 rings (SSSR count). The number of carbonyl (C=O) groups excluding carboxylic acids is 1. The average Bonchev–Trinajstić information content (AvgIpc) is 2.31. The molecule has 0 radical (unpaired) electrons. The first kappa shape index (κ1) is 16.0. The summed E-state index contributed by atoms with van der Waals surface area (Å²) in [4.78, 5) is 12.3. The van der Waals surface area contributed by atoms with Crippen molar-refractivity contribution in [3.05, 3.63) is 34.9 Å². The van der Waals surface area contributed by atoms with Crippen molar-refractivity contribution in [2.75, 3.05) is 6.61 Å². The second-order valence-corrected chi connectivity index (χ2v) is 5.63. The second-order valence-electron chi connectivity index (χ2n) is 5.20. The zero-order valence-electron chi connectivity index (χ0n) is 11.7. The second kappa shape index (κ2) is 7.51. The van der Waals surface area contributed by atoms with Gasteiger partial charge in [-0.25, -0.2) is 0 Å². The first-order chi connectivity index (χ1) is 8.95. The van der Waals surface area contributed by atoms with E-state index in [0.29, 0.717) is 11.4 Å². The first-order valence-corrected chi connectivity index (χ1v) is 7.00. The zero-order chi connectivity index (χ0) is 14.4. The molecule has 0 aliphatic heterocycles. The van der Waals surface area contributed by atoms with Crippen LogP contribution >= 0.6 is 11.6 Å². The van der Waals surface area contributed by atoms with Gasteiger partial charge >= 0.3 is 0 Å². The van der Waals surface area contributed by atoms with Crippen LogP contribution in [0.5, 0.6) is 0 Å². The summed E-state index contributed by atoms with van der Waals surface area (Å²) < 4.78 is 0. The summed E-state index contributed by atoms with van der Waals surface area (Å²) in [5, 5.41) is 12.5. The Labute approximate surface area is 120 Å². The fraction of sp³-hybridized carbons (Fsp3) is 0.533. The van der Waals surface area contributed by atoms with Crippen molar-refractivity contribution in [1.29, 1.82) is 0 Å². The van der Waals surface area contributed by atoms with Crippen LogP contribution in [0.2, 0.25) is 5.02 Å². The van der Waals surface area contributed by atoms with Crippen molar-refractivity contribution < 1.29 is 9.90 Å². The number of carbonyl (C=O) groups is 1. The van der Waals surface area contributed by atoms with Crippen LogP contribution in [-0.2, 0) is 4.79 Å². The first-order valence-electron chi connectivity index (χ1n) is 6.62. The van der Waals surface area contributed by atoms with Crippen LogP contribution < -0.4 is 5.32 Å². The number of amides is 1. The molecule has 2 unspecified atom stereocenters. The molecule has 0 saturated carbocycles. The molecule has 0 fully saturated rings. The van der Waals surface area contributed by atoms with Crippen molar-refractivity contribution >= 4 is 17.5 Å². The molecule has 0 heterocycles. The molecule has 2 atom stereocenters. The van der Waals surface area contributed by atoms with Gasteiger partial charge in [0, 0.05) is 17.7 Å². The minimum absolute atomic E-state index is 0.00160. The van der Waals surface area contributed by atoms with Gasteiger partial charge in [-0.05, 0) is 37.0 Å². The highest BCUT2D eigenvalue weighted by molar-refractivity contribution is 6.30. The molecule has 0 bridgehead atoms. The van der Waals surface area contributed by atoms with Crippen LogP contribution in [0.25, 0.3) is 0 Å². The quantitative estimate of drug-likeness (QED) is 0.843. The summed E-state index contributed by atoms with van der Waals surface area (Å²) in [5.74, 6) is -0.000756. The van der Waals surface area contributed by atoms with Crippen LogP contribution in [0.1, 0.15) is 38.7 Å². The Morgan fingerprint density at radius 2 is 1.84 bits per heavy atom. The summed E-state index contributed by atoms with van der Waals surface area (Å²) in [6, 6.07) is 7.37. The third-order valence-corrected chi connectivity index (χ3v) is 3.38. The van der Waals surface area contributed by atoms with Crippen molar-refractivity contribution in [1.82, 2.24) is 5.32 Å². The van der Waals surface area contributed by atoms with Gasteiger partial charge in [0.2, 0.25) is 5.91 Å². The van der Waals surface area contributed by atoms with E-state index < -0.39 is 0 Å². The van der Waals surface area contributed by atoms with E-state index >= 15 is 0 Å². The third kappa shape index (κ3) is 4.84. The molecule has 1 aromatic rings. The minimum atomic E-state index is -0.196. The van der Waals surface area contributed by atoms with Gasteiger partial charge in [0.05, 0.1) is 5.92 Å². The summed E-state index contributed by atoms with van der Waals surface area (Å²) in [6.07, 6.45) is 0.567. The van der Waals surface area contributed by atoms with Gasteiger partial charge in [-0.1, -0.05) is 37.6 Å². The van der Waals surface area contributed by atoms with Gasteiger partial charge in [-0.15, -0.1) is 0 Å². The Balaban J connectivity index is 2.83. The van der Waals surface area contributed by atoms with E-state index in [-0.39, 0.29) is 30.4 Å². The monoisotopic (exact) mass is 283 g/mol. The number of rotatable bonds is 6. The predicted molar refractivity (Wildman–Crippen MR) is 78.3 cm³/mol. The number of nitrogens with one attached hydrogen (secondary N) is 1. The Kier molecular flexibility index (Phi) is 6.32. The lowest BCUT2D eigenvalue weighted by molar-refractivity contribution is -0.124. The highest BCUT2D eigenvalue weighted by Gasteiger charge is 2.24. The number of aliphatic hydroxyl groups excluding tert-OH is 1. The third-order valence-electron chi connectivity index (χ3n) is 3.13. The maximum absolute atomic E-state index is 12.3. The lowest BCUT2D eigenvalue weighted by Crippen LogP contribution is -2.38. The van der Waals surface area contributed by atoms with E-state index in [4.69, 9.17) is 16.7 Å². The zero-order valence-corrected chi connectivity index (χ0v) is 12.4. The molecular weight excluding hydrogens is 262 g/mol. The Bertz CT molecular complexity index is 403. The molecule has 0 aromatic heterocycles. The molecule has 0 aliphatic carbocycles. The topological polar surface area (TPSA) is 49.3 Å². The van der Waals surface area contributed by atoms with Crippen molar-refractivity contribution in [3.63, 3.8) is 0 Å². The fourth-order valence-corrected chi connectivity index (χ4v) is 2.23. The lowest BCUT2D eigenvalue weighted by Gasteiger charge is -2.23. The highest BCUT2D eigenvalue weighted by Crippen LogP contribution is 2.26. The molecule has 19 heavy (non-hydrogen) atoms. The van der Waals surface area contributed by atoms with Crippen molar-refractivity contribution in [2.24, 2.45) is 5.92 Å². The molecule has 1 aromatic carbocycles. The van der Waals surface area contributed by atoms with Gasteiger partial charge in [-0.3, -0.25) is 4.79 Å². The molecular formula is C15H22ClNO2. The summed E-state index contributed by atoms with van der Waals surface area (Å²) in [6.45, 7) is 6.02. The van der Waals surface area contributed by atoms with Crippen LogP contribution in [0, 0.1) is 5.92 Å². The van der Waals surface area contributed by atoms with E-state index in [1.165, 1.54) is 0 Å². The molecule has 2 N–H and O–H groups in total. The van der Waals surface area contributed by atoms with Crippen molar-refractivity contribution in [2.45, 2.75) is 39.2 Å². The number of halogens is 1. The summed E-state index contributed by atoms with van der Waals surface area (Å²) >= 11 is 5.87. The Morgan fingerprint density at radius 3 is 2.32 bits per heavy atom. The van der Waals surface area contributed by atoms with E-state index in [0.717, 1.165) is 5.56 Å². The smallest absolute Gasteiger partial charge is 0.228 e. The van der Waals surface area contributed by atoms with E-state index in [1.807, 2.05) is 32.9 Å². The summed E-state index contributed by atoms with van der Waals surface area (Å²) in [7, 11) is 0. The average molecular weight is 284 g/mol. The standard InChI is InChI=1S/C15H22ClNO2/c1-10(2)14(12-4-6-13(16)7-5-12)15(19)17-11(3)8-9-18/h4-7,10-11,14,18H,8-9H2,1-3H3,(H,17,19). The molecule has 3 nitrogen and oxygen atoms in total. The fourth-order valence-electron chi connectivity index (χ4n) is 2.11. The number of benzene rings is 1. The maximum Gasteiger partial charge on any atom is 0.228 e. The highest BCUT2D eigenvalue weighted by atomic mass is 35.5. The number of hydrogen-bond donors (Lipinski definition) is 2. The lowest BCUT2D eigenvalue weighted by atomic mass is 9.87. The maximum atomic E-state index is 12.3. The van der Waals surface area contributed by atoms with Gasteiger partial charge in [0.25, 0.3) is 0 Å². The number of aliphatic hydroxyl groups is 1. The van der Waals surface area contributed by atoms with Gasteiger partial charge in [0.15, 0.2) is 0 Å². The van der Waals surface area contributed by atoms with Crippen LogP contribution in [0.3, 0.4) is 0 Å². The van der Waals surface area contributed by atoms with E-state index in [2.05, 4.69) is 5.32 Å². The Hall–Kier alpha value is -1.06. The largest absolute Gasteiger partial charge is 0.396 e. The van der Waals surface area contributed by atoms with E-state index in [9.17, 15) is 4.79 Å². The SMILES string of the molecule is CC(CCO)NC(=O)C(c1ccc(Cl)cc1)C(C)C. The molecule has 0 saturated heterocycles. The van der Waals surface area contributed by atoms with Gasteiger partial charge in [-0.2, -0.15) is 0 Å². The molecule has 1 amide bonds. The number of hydrogen-bond acceptors (Lipinski definition) is 2. The molecule has 0 aliphatic rings. The van der Waals surface area contributed by atoms with Crippen molar-refractivity contribution in [3.8, 4) is 0 Å². The molecule has 106 valence electrons. The minimum Gasteiger partial charge on any atom is -0.396 e. The Morgan fingerprint density at radius 1 is 1.26 bits per heavy atom. The van der Waals surface area contributed by atoms with Crippen LogP contribution in [0.15, 0.2) is 24.3 Å². The normalized spacial score (nSPS) is 14.2. The van der Waals surface area contributed by atoms with Crippen LogP contribution in [0.4, 0.5) is 0 Å².